The molecule has 0 radical (unpaired) electrons. The Hall–Kier alpha value is -1.65. The lowest BCUT2D eigenvalue weighted by atomic mass is 10.1. The molecule has 0 aromatic rings. The maximum absolute atomic E-state index is 11.0. The van der Waals surface area contributed by atoms with Crippen LogP contribution in [0.3, 0.4) is 0 Å². The molecule has 1 N–H and O–H groups in total. The van der Waals surface area contributed by atoms with E-state index in [9.17, 15) is 14.9 Å². The Morgan fingerprint density at radius 3 is 2.26 bits per heavy atom. The first-order valence-corrected chi connectivity index (χ1v) is 8.78. The van der Waals surface area contributed by atoms with Crippen molar-refractivity contribution in [2.45, 2.75) is 84.0 Å². The Morgan fingerprint density at radius 1 is 1.00 bits per heavy atom. The van der Waals surface area contributed by atoms with Crippen molar-refractivity contribution in [1.82, 2.24) is 0 Å². The zero-order valence-corrected chi connectivity index (χ0v) is 14.3. The summed E-state index contributed by atoms with van der Waals surface area (Å²) in [7, 11) is 0. The molecule has 0 saturated heterocycles. The molecule has 5 nitrogen and oxygen atoms in total. The third kappa shape index (κ3) is 15.0. The van der Waals surface area contributed by atoms with Gasteiger partial charge in [-0.15, -0.1) is 0 Å². The van der Waals surface area contributed by atoms with Crippen molar-refractivity contribution < 1.29 is 14.8 Å². The first kappa shape index (κ1) is 21.4. The molecule has 0 aliphatic rings. The molecule has 5 heteroatoms. The predicted molar refractivity (Wildman–Crippen MR) is 92.9 cm³/mol. The molecule has 0 rings (SSSR count). The summed E-state index contributed by atoms with van der Waals surface area (Å²) in [5.41, 5.74) is 0.300. The summed E-state index contributed by atoms with van der Waals surface area (Å²) < 4.78 is 0. The number of hydrogen-bond acceptors (Lipinski definition) is 3. The number of carboxylic acid groups (broad SMARTS) is 1. The number of nitrogens with zero attached hydrogens (tertiary/aromatic N) is 1. The van der Waals surface area contributed by atoms with E-state index in [1.807, 2.05) is 6.08 Å². The van der Waals surface area contributed by atoms with Crippen molar-refractivity contribution in [3.8, 4) is 0 Å². The van der Waals surface area contributed by atoms with Crippen molar-refractivity contribution in [3.05, 3.63) is 34.0 Å². The number of carboxylic acids is 1. The molecule has 0 saturated carbocycles. The Morgan fingerprint density at radius 2 is 1.65 bits per heavy atom. The number of carbonyl (C=O) groups is 1. The van der Waals surface area contributed by atoms with Gasteiger partial charge in [0.1, 0.15) is 0 Å². The van der Waals surface area contributed by atoms with Gasteiger partial charge in [0.2, 0.25) is 5.70 Å². The molecule has 0 aromatic heterocycles. The van der Waals surface area contributed by atoms with Gasteiger partial charge in [0.05, 0.1) is 4.92 Å². The molecule has 0 aromatic carbocycles. The maximum Gasteiger partial charge on any atom is 0.303 e. The van der Waals surface area contributed by atoms with Crippen LogP contribution in [0.15, 0.2) is 23.9 Å². The minimum atomic E-state index is -0.758. The van der Waals surface area contributed by atoms with Crippen molar-refractivity contribution in [1.29, 1.82) is 0 Å². The fraction of sp³-hybridized carbons (Fsp3) is 0.722. The molecule has 0 fully saturated rings. The number of hydrogen-bond donors (Lipinski definition) is 1. The third-order valence-corrected chi connectivity index (χ3v) is 3.69. The van der Waals surface area contributed by atoms with Gasteiger partial charge >= 0.3 is 5.97 Å². The molecule has 0 aliphatic carbocycles. The van der Waals surface area contributed by atoms with Crippen LogP contribution in [0.1, 0.15) is 84.0 Å². The van der Waals surface area contributed by atoms with E-state index in [2.05, 4.69) is 13.0 Å². The van der Waals surface area contributed by atoms with E-state index in [-0.39, 0.29) is 11.3 Å². The predicted octanol–water partition coefficient (Wildman–Crippen LogP) is 5.49. The van der Waals surface area contributed by atoms with Crippen molar-refractivity contribution in [3.63, 3.8) is 0 Å². The zero-order chi connectivity index (χ0) is 17.3. The molecular formula is C18H31NO4. The fourth-order valence-electron chi connectivity index (χ4n) is 2.31. The largest absolute Gasteiger partial charge is 0.481 e. The van der Waals surface area contributed by atoms with E-state index >= 15 is 0 Å². The SMILES string of the molecule is CCCCC/C=C/C/C=C(/CCCCCCCC(=O)O)[N+](=O)[O-]. The molecule has 0 spiro atoms. The summed E-state index contributed by atoms with van der Waals surface area (Å²) >= 11 is 0. The van der Waals surface area contributed by atoms with Gasteiger partial charge in [-0.05, 0) is 38.2 Å². The highest BCUT2D eigenvalue weighted by Gasteiger charge is 2.08. The molecule has 0 aliphatic heterocycles. The molecule has 0 atom stereocenters. The summed E-state index contributed by atoms with van der Waals surface area (Å²) in [5.74, 6) is -0.758. The molecule has 23 heavy (non-hydrogen) atoms. The van der Waals surface area contributed by atoms with E-state index in [4.69, 9.17) is 5.11 Å². The average molecular weight is 325 g/mol. The van der Waals surface area contributed by atoms with Crippen LogP contribution < -0.4 is 0 Å². The van der Waals surface area contributed by atoms with Crippen LogP contribution in [0, 0.1) is 10.1 Å². The normalized spacial score (nSPS) is 12.0. The van der Waals surface area contributed by atoms with Crippen LogP contribution in [0.2, 0.25) is 0 Å². The Balaban J connectivity index is 3.82. The maximum atomic E-state index is 11.0. The summed E-state index contributed by atoms with van der Waals surface area (Å²) in [4.78, 5) is 21.1. The van der Waals surface area contributed by atoms with E-state index in [1.165, 1.54) is 19.3 Å². The standard InChI is InChI=1S/C18H31NO4/c1-2-3-4-5-6-8-11-14-17(19(22)23)15-12-9-7-10-13-16-18(20)21/h6,8,14H,2-5,7,9-13,15-16H2,1H3,(H,20,21)/b8-6+,17-14-. The Kier molecular flexibility index (Phi) is 14.2. The number of unbranched alkanes of at least 4 members (excludes halogenated alkanes) is 7. The number of allylic oxidation sites excluding steroid dienone is 4. The first-order valence-electron chi connectivity index (χ1n) is 8.78. The van der Waals surface area contributed by atoms with Crippen molar-refractivity contribution in [2.24, 2.45) is 0 Å². The lowest BCUT2D eigenvalue weighted by Crippen LogP contribution is -1.99. The van der Waals surface area contributed by atoms with Crippen LogP contribution in [-0.4, -0.2) is 16.0 Å². The Bertz CT molecular complexity index is 388. The van der Waals surface area contributed by atoms with E-state index in [1.54, 1.807) is 6.08 Å². The zero-order valence-electron chi connectivity index (χ0n) is 14.3. The average Bonchev–Trinajstić information content (AvgIpc) is 2.50. The van der Waals surface area contributed by atoms with Gasteiger partial charge in [-0.25, -0.2) is 0 Å². The minimum absolute atomic E-state index is 0.213. The van der Waals surface area contributed by atoms with Crippen molar-refractivity contribution >= 4 is 5.97 Å². The lowest BCUT2D eigenvalue weighted by molar-refractivity contribution is -0.428. The molecule has 0 unspecified atom stereocenters. The highest BCUT2D eigenvalue weighted by atomic mass is 16.6. The minimum Gasteiger partial charge on any atom is -0.481 e. The number of aliphatic carboxylic acids is 1. The molecule has 132 valence electrons. The van der Waals surface area contributed by atoms with Gasteiger partial charge in [-0.3, -0.25) is 14.9 Å². The highest BCUT2D eigenvalue weighted by Crippen LogP contribution is 2.13. The first-order chi connectivity index (χ1) is 11.1. The summed E-state index contributed by atoms with van der Waals surface area (Å²) in [6, 6.07) is 0. The number of rotatable bonds is 15. The van der Waals surface area contributed by atoms with Gasteiger partial charge < -0.3 is 5.11 Å². The van der Waals surface area contributed by atoms with Gasteiger partial charge in [0, 0.05) is 12.8 Å². The van der Waals surface area contributed by atoms with E-state index in [0.29, 0.717) is 25.0 Å². The smallest absolute Gasteiger partial charge is 0.303 e. The second kappa shape index (κ2) is 15.3. The van der Waals surface area contributed by atoms with E-state index < -0.39 is 5.97 Å². The molecular weight excluding hydrogens is 294 g/mol. The molecule has 0 bridgehead atoms. The fourth-order valence-corrected chi connectivity index (χ4v) is 2.31. The van der Waals surface area contributed by atoms with Gasteiger partial charge in [0.15, 0.2) is 0 Å². The van der Waals surface area contributed by atoms with Gasteiger partial charge in [-0.1, -0.05) is 51.2 Å². The van der Waals surface area contributed by atoms with E-state index in [0.717, 1.165) is 32.1 Å². The highest BCUT2D eigenvalue weighted by molar-refractivity contribution is 5.66. The summed E-state index contributed by atoms with van der Waals surface area (Å²) in [5, 5.41) is 19.5. The second-order valence-corrected chi connectivity index (χ2v) is 5.82. The van der Waals surface area contributed by atoms with Gasteiger partial charge in [-0.2, -0.15) is 0 Å². The summed E-state index contributed by atoms with van der Waals surface area (Å²) in [6.45, 7) is 2.17. The Labute approximate surface area is 139 Å². The van der Waals surface area contributed by atoms with Crippen LogP contribution in [-0.2, 0) is 4.79 Å². The topological polar surface area (TPSA) is 80.4 Å². The van der Waals surface area contributed by atoms with Crippen molar-refractivity contribution in [2.75, 3.05) is 0 Å². The van der Waals surface area contributed by atoms with Crippen LogP contribution in [0.25, 0.3) is 0 Å². The lowest BCUT2D eigenvalue weighted by Gasteiger charge is -2.00. The summed E-state index contributed by atoms with van der Waals surface area (Å²) in [6.07, 6.45) is 16.0. The van der Waals surface area contributed by atoms with Crippen LogP contribution in [0.5, 0.6) is 0 Å². The number of nitro groups is 1. The molecule has 0 heterocycles. The van der Waals surface area contributed by atoms with Gasteiger partial charge in [0.25, 0.3) is 0 Å². The molecule has 0 amide bonds. The second-order valence-electron chi connectivity index (χ2n) is 5.82. The third-order valence-electron chi connectivity index (χ3n) is 3.69. The van der Waals surface area contributed by atoms with Crippen LogP contribution >= 0.6 is 0 Å². The van der Waals surface area contributed by atoms with Crippen LogP contribution in [0.4, 0.5) is 0 Å². The monoisotopic (exact) mass is 325 g/mol. The quantitative estimate of drug-likeness (QED) is 0.187.